The summed E-state index contributed by atoms with van der Waals surface area (Å²) in [5.74, 6) is 0.246. The quantitative estimate of drug-likeness (QED) is 0.805. The van der Waals surface area contributed by atoms with E-state index in [9.17, 15) is 9.59 Å². The third kappa shape index (κ3) is 4.43. The molecule has 1 unspecified atom stereocenters. The first-order valence-electron chi connectivity index (χ1n) is 8.44. The molecule has 1 fully saturated rings. The van der Waals surface area contributed by atoms with E-state index in [2.05, 4.69) is 21.7 Å². The van der Waals surface area contributed by atoms with Gasteiger partial charge >= 0.3 is 0 Å². The summed E-state index contributed by atoms with van der Waals surface area (Å²) in [7, 11) is 0. The molecule has 0 bridgehead atoms. The zero-order chi connectivity index (χ0) is 17.8. The lowest BCUT2D eigenvalue weighted by Gasteiger charge is -2.19. The molecular weight excluding hydrogens is 320 g/mol. The summed E-state index contributed by atoms with van der Waals surface area (Å²) in [6, 6.07) is 6.12. The van der Waals surface area contributed by atoms with Gasteiger partial charge in [0.15, 0.2) is 0 Å². The smallest absolute Gasteiger partial charge is 0.230 e. The number of benzene rings is 1. The molecule has 1 aromatic heterocycles. The van der Waals surface area contributed by atoms with Gasteiger partial charge in [0.2, 0.25) is 11.8 Å². The van der Waals surface area contributed by atoms with Crippen LogP contribution < -0.4 is 10.1 Å². The van der Waals surface area contributed by atoms with Gasteiger partial charge in [0.25, 0.3) is 0 Å². The molecule has 2 amide bonds. The summed E-state index contributed by atoms with van der Waals surface area (Å²) in [4.78, 5) is 23.0. The van der Waals surface area contributed by atoms with Gasteiger partial charge in [-0.1, -0.05) is 17.3 Å². The van der Waals surface area contributed by atoms with Crippen molar-refractivity contribution in [1.29, 1.82) is 0 Å². The minimum absolute atomic E-state index is 0.200. The number of aromatic nitrogens is 3. The topological polar surface area (TPSA) is 86.1 Å². The summed E-state index contributed by atoms with van der Waals surface area (Å²) in [6.07, 6.45) is 3.27. The Labute approximate surface area is 146 Å². The molecule has 1 atom stereocenters. The maximum atomic E-state index is 11.8. The highest BCUT2D eigenvalue weighted by atomic mass is 16.5. The van der Waals surface area contributed by atoms with E-state index in [0.29, 0.717) is 32.4 Å². The Balaban J connectivity index is 1.51. The number of piperidine rings is 1. The molecule has 132 valence electrons. The van der Waals surface area contributed by atoms with E-state index in [1.165, 1.54) is 0 Å². The van der Waals surface area contributed by atoms with E-state index in [0.717, 1.165) is 22.6 Å². The number of carbonyl (C=O) groups excluding carboxylic acids is 2. The van der Waals surface area contributed by atoms with E-state index < -0.39 is 0 Å². The zero-order valence-corrected chi connectivity index (χ0v) is 14.5. The standard InChI is InChI=1S/C18H22N4O3/c1-12-3-4-13(2)16(9-12)25-8-7-22-11-15(20-21-22)10-14-5-6-17(23)19-18(14)24/h3-4,9,11,14H,5-8,10H2,1-2H3,(H,19,23,24). The lowest BCUT2D eigenvalue weighted by molar-refractivity contribution is -0.136. The molecule has 0 aliphatic carbocycles. The van der Waals surface area contributed by atoms with Gasteiger partial charge in [-0.3, -0.25) is 14.9 Å². The Kier molecular flexibility index (Phi) is 5.11. The van der Waals surface area contributed by atoms with Crippen LogP contribution in [-0.2, 0) is 22.6 Å². The van der Waals surface area contributed by atoms with Gasteiger partial charge in [0, 0.05) is 25.0 Å². The van der Waals surface area contributed by atoms with Gasteiger partial charge in [-0.25, -0.2) is 4.68 Å². The molecule has 1 saturated heterocycles. The van der Waals surface area contributed by atoms with Crippen LogP contribution in [0, 0.1) is 19.8 Å². The minimum Gasteiger partial charge on any atom is -0.491 e. The van der Waals surface area contributed by atoms with Crippen LogP contribution in [0.5, 0.6) is 5.75 Å². The van der Waals surface area contributed by atoms with Crippen molar-refractivity contribution in [2.45, 2.75) is 39.7 Å². The number of amides is 2. The Morgan fingerprint density at radius 1 is 1.32 bits per heavy atom. The third-order valence-electron chi connectivity index (χ3n) is 4.32. The monoisotopic (exact) mass is 342 g/mol. The largest absolute Gasteiger partial charge is 0.491 e. The predicted octanol–water partition coefficient (Wildman–Crippen LogP) is 1.57. The van der Waals surface area contributed by atoms with Crippen molar-refractivity contribution in [3.63, 3.8) is 0 Å². The molecular formula is C18H22N4O3. The van der Waals surface area contributed by atoms with Crippen LogP contribution in [0.2, 0.25) is 0 Å². The van der Waals surface area contributed by atoms with Gasteiger partial charge in [-0.15, -0.1) is 5.10 Å². The maximum Gasteiger partial charge on any atom is 0.230 e. The molecule has 0 radical (unpaired) electrons. The minimum atomic E-state index is -0.218. The van der Waals surface area contributed by atoms with Crippen molar-refractivity contribution >= 4 is 11.8 Å². The molecule has 2 heterocycles. The Morgan fingerprint density at radius 3 is 2.96 bits per heavy atom. The number of carbonyl (C=O) groups is 2. The molecule has 2 aromatic rings. The molecule has 7 heteroatoms. The van der Waals surface area contributed by atoms with E-state index >= 15 is 0 Å². The van der Waals surface area contributed by atoms with Crippen molar-refractivity contribution in [2.24, 2.45) is 5.92 Å². The van der Waals surface area contributed by atoms with Crippen molar-refractivity contribution < 1.29 is 14.3 Å². The van der Waals surface area contributed by atoms with Gasteiger partial charge in [0.1, 0.15) is 12.4 Å². The highest BCUT2D eigenvalue weighted by molar-refractivity contribution is 5.98. The first kappa shape index (κ1) is 17.1. The molecule has 3 rings (SSSR count). The molecule has 1 aliphatic rings. The summed E-state index contributed by atoms with van der Waals surface area (Å²) >= 11 is 0. The van der Waals surface area contributed by atoms with Crippen LogP contribution in [0.15, 0.2) is 24.4 Å². The molecule has 7 nitrogen and oxygen atoms in total. The second-order valence-corrected chi connectivity index (χ2v) is 6.44. The molecule has 0 saturated carbocycles. The summed E-state index contributed by atoms with van der Waals surface area (Å²) in [5.41, 5.74) is 3.01. The molecule has 1 aliphatic heterocycles. The number of ether oxygens (including phenoxy) is 1. The average molecular weight is 342 g/mol. The van der Waals surface area contributed by atoms with Crippen molar-refractivity contribution in [3.05, 3.63) is 41.2 Å². The Hall–Kier alpha value is -2.70. The second-order valence-electron chi connectivity index (χ2n) is 6.44. The van der Waals surface area contributed by atoms with E-state index in [4.69, 9.17) is 4.74 Å². The number of nitrogens with zero attached hydrogens (tertiary/aromatic N) is 3. The van der Waals surface area contributed by atoms with Crippen LogP contribution in [0.4, 0.5) is 0 Å². The van der Waals surface area contributed by atoms with Crippen LogP contribution >= 0.6 is 0 Å². The Bertz CT molecular complexity index is 784. The van der Waals surface area contributed by atoms with Crippen LogP contribution in [0.1, 0.15) is 29.7 Å². The summed E-state index contributed by atoms with van der Waals surface area (Å²) < 4.78 is 7.53. The number of hydrogen-bond donors (Lipinski definition) is 1. The fourth-order valence-corrected chi connectivity index (χ4v) is 2.84. The summed E-state index contributed by atoms with van der Waals surface area (Å²) in [5, 5.41) is 10.6. The van der Waals surface area contributed by atoms with Gasteiger partial charge in [-0.05, 0) is 37.5 Å². The van der Waals surface area contributed by atoms with Crippen LogP contribution in [0.3, 0.4) is 0 Å². The van der Waals surface area contributed by atoms with Crippen molar-refractivity contribution in [2.75, 3.05) is 6.61 Å². The van der Waals surface area contributed by atoms with Crippen LogP contribution in [0.25, 0.3) is 0 Å². The predicted molar refractivity (Wildman–Crippen MR) is 91.0 cm³/mol. The highest BCUT2D eigenvalue weighted by Crippen LogP contribution is 2.19. The fraction of sp³-hybridized carbons (Fsp3) is 0.444. The number of aryl methyl sites for hydroxylation is 2. The lowest BCUT2D eigenvalue weighted by Crippen LogP contribution is -2.41. The molecule has 1 N–H and O–H groups in total. The Morgan fingerprint density at radius 2 is 2.16 bits per heavy atom. The van der Waals surface area contributed by atoms with Gasteiger partial charge < -0.3 is 4.74 Å². The van der Waals surface area contributed by atoms with Crippen LogP contribution in [-0.4, -0.2) is 33.4 Å². The number of nitrogens with one attached hydrogen (secondary N) is 1. The average Bonchev–Trinajstić information content (AvgIpc) is 3.01. The van der Waals surface area contributed by atoms with Gasteiger partial charge in [0.05, 0.1) is 12.2 Å². The number of imide groups is 1. The SMILES string of the molecule is Cc1ccc(C)c(OCCn2cc(CC3CCC(=O)NC3=O)nn2)c1. The van der Waals surface area contributed by atoms with Crippen molar-refractivity contribution in [3.8, 4) is 5.75 Å². The lowest BCUT2D eigenvalue weighted by atomic mass is 9.94. The maximum absolute atomic E-state index is 11.8. The van der Waals surface area contributed by atoms with E-state index in [1.807, 2.05) is 32.2 Å². The second kappa shape index (κ2) is 7.46. The third-order valence-corrected chi connectivity index (χ3v) is 4.32. The highest BCUT2D eigenvalue weighted by Gasteiger charge is 2.27. The zero-order valence-electron chi connectivity index (χ0n) is 14.5. The first-order valence-corrected chi connectivity index (χ1v) is 8.44. The fourth-order valence-electron chi connectivity index (χ4n) is 2.84. The normalized spacial score (nSPS) is 17.4. The number of hydrogen-bond acceptors (Lipinski definition) is 5. The summed E-state index contributed by atoms with van der Waals surface area (Å²) in [6.45, 7) is 5.12. The number of rotatable bonds is 6. The van der Waals surface area contributed by atoms with Gasteiger partial charge in [-0.2, -0.15) is 0 Å². The van der Waals surface area contributed by atoms with E-state index in [-0.39, 0.29) is 17.7 Å². The van der Waals surface area contributed by atoms with E-state index in [1.54, 1.807) is 4.68 Å². The first-order chi connectivity index (χ1) is 12.0. The van der Waals surface area contributed by atoms with Crippen molar-refractivity contribution in [1.82, 2.24) is 20.3 Å². The molecule has 1 aromatic carbocycles. The molecule has 25 heavy (non-hydrogen) atoms. The molecule has 0 spiro atoms.